The second-order valence-corrected chi connectivity index (χ2v) is 5.88. The number of nitrogens with one attached hydrogen (secondary N) is 1. The highest BCUT2D eigenvalue weighted by molar-refractivity contribution is 5.69. The fourth-order valence-electron chi connectivity index (χ4n) is 2.86. The molecule has 0 aromatic rings. The highest BCUT2D eigenvalue weighted by Gasteiger charge is 2.34. The molecule has 0 aromatic heterocycles. The summed E-state index contributed by atoms with van der Waals surface area (Å²) in [4.78, 5) is 36.7. The van der Waals surface area contributed by atoms with E-state index in [1.807, 2.05) is 0 Å². The van der Waals surface area contributed by atoms with Crippen LogP contribution in [-0.2, 0) is 14.4 Å². The summed E-state index contributed by atoms with van der Waals surface area (Å²) in [6.07, 6.45) is 4.95. The van der Waals surface area contributed by atoms with Crippen LogP contribution in [0.3, 0.4) is 0 Å². The van der Waals surface area contributed by atoms with E-state index in [0.717, 1.165) is 32.1 Å². The zero-order chi connectivity index (χ0) is 17.1. The number of amides is 1. The Labute approximate surface area is 134 Å². The van der Waals surface area contributed by atoms with Crippen LogP contribution in [0.5, 0.6) is 0 Å². The van der Waals surface area contributed by atoms with Gasteiger partial charge in [-0.2, -0.15) is 0 Å². The van der Waals surface area contributed by atoms with Gasteiger partial charge in [-0.25, -0.2) is 4.79 Å². The zero-order valence-electron chi connectivity index (χ0n) is 13.1. The predicted octanol–water partition coefficient (Wildman–Crippen LogP) is 2.13. The van der Waals surface area contributed by atoms with E-state index in [1.165, 1.54) is 0 Å². The van der Waals surface area contributed by atoms with Crippen molar-refractivity contribution in [3.05, 3.63) is 10.1 Å². The number of hydrogen-bond acceptors (Lipinski definition) is 6. The number of carboxylic acids is 1. The summed E-state index contributed by atoms with van der Waals surface area (Å²) in [5.74, 6) is -0.854. The summed E-state index contributed by atoms with van der Waals surface area (Å²) in [7, 11) is 0. The van der Waals surface area contributed by atoms with Crippen LogP contribution in [0.15, 0.2) is 0 Å². The number of carbonyl (C=O) groups excluding carboxylic acids is 1. The van der Waals surface area contributed by atoms with Crippen molar-refractivity contribution in [3.8, 4) is 0 Å². The topological polar surface area (TPSA) is 128 Å². The van der Waals surface area contributed by atoms with Crippen molar-refractivity contribution in [1.29, 1.82) is 0 Å². The van der Waals surface area contributed by atoms with Crippen LogP contribution >= 0.6 is 0 Å². The lowest BCUT2D eigenvalue weighted by molar-refractivity contribution is -0.757. The zero-order valence-corrected chi connectivity index (χ0v) is 13.1. The van der Waals surface area contributed by atoms with Crippen LogP contribution in [0.25, 0.3) is 0 Å². The van der Waals surface area contributed by atoms with Crippen molar-refractivity contribution in [3.63, 3.8) is 0 Å². The van der Waals surface area contributed by atoms with Gasteiger partial charge in [0.25, 0.3) is 5.09 Å². The van der Waals surface area contributed by atoms with Gasteiger partial charge in [-0.15, -0.1) is 10.1 Å². The Kier molecular flexibility index (Phi) is 8.14. The molecule has 1 aliphatic rings. The van der Waals surface area contributed by atoms with Gasteiger partial charge in [0.1, 0.15) is 0 Å². The molecule has 1 fully saturated rings. The monoisotopic (exact) mass is 332 g/mol. The minimum Gasteiger partial charge on any atom is -0.481 e. The lowest BCUT2D eigenvalue weighted by Crippen LogP contribution is -2.40. The number of alkyl carbamates (subject to hydrolysis) is 1. The van der Waals surface area contributed by atoms with Crippen LogP contribution in [0, 0.1) is 15.5 Å². The van der Waals surface area contributed by atoms with Gasteiger partial charge >= 0.3 is 12.1 Å². The third-order valence-corrected chi connectivity index (χ3v) is 4.02. The maximum Gasteiger partial charge on any atom is 0.407 e. The van der Waals surface area contributed by atoms with E-state index in [4.69, 9.17) is 9.84 Å². The summed E-state index contributed by atoms with van der Waals surface area (Å²) in [5, 5.41) is 20.8. The van der Waals surface area contributed by atoms with Crippen molar-refractivity contribution in [2.24, 2.45) is 5.41 Å². The summed E-state index contributed by atoms with van der Waals surface area (Å²) in [6.45, 7) is 0.404. The Morgan fingerprint density at radius 3 is 2.43 bits per heavy atom. The first-order valence-corrected chi connectivity index (χ1v) is 7.83. The molecule has 0 aromatic carbocycles. The van der Waals surface area contributed by atoms with Gasteiger partial charge in [-0.1, -0.05) is 19.3 Å². The van der Waals surface area contributed by atoms with Crippen LogP contribution in [-0.4, -0.2) is 42.0 Å². The summed E-state index contributed by atoms with van der Waals surface area (Å²) in [5.41, 5.74) is -0.386. The SMILES string of the molecule is O=C(O)CC1(CNC(=O)OCCCCO[N+](=O)[O-])CCCCC1. The fourth-order valence-corrected chi connectivity index (χ4v) is 2.86. The molecule has 0 aliphatic heterocycles. The van der Waals surface area contributed by atoms with Crippen molar-refractivity contribution in [1.82, 2.24) is 5.32 Å². The first-order valence-electron chi connectivity index (χ1n) is 7.83. The maximum absolute atomic E-state index is 11.6. The largest absolute Gasteiger partial charge is 0.481 e. The molecule has 0 radical (unpaired) electrons. The molecular formula is C14H24N2O7. The third kappa shape index (κ3) is 8.22. The molecule has 9 heteroatoms. The number of hydrogen-bond donors (Lipinski definition) is 2. The number of ether oxygens (including phenoxy) is 1. The quantitative estimate of drug-likeness (QED) is 0.356. The number of rotatable bonds is 10. The Morgan fingerprint density at radius 2 is 1.83 bits per heavy atom. The molecule has 1 amide bonds. The molecule has 23 heavy (non-hydrogen) atoms. The average Bonchev–Trinajstić information content (AvgIpc) is 2.49. The van der Waals surface area contributed by atoms with Crippen molar-refractivity contribution >= 4 is 12.1 Å². The van der Waals surface area contributed by atoms with Crippen molar-refractivity contribution in [2.45, 2.75) is 51.4 Å². The highest BCUT2D eigenvalue weighted by atomic mass is 16.9. The average molecular weight is 332 g/mol. The van der Waals surface area contributed by atoms with Crippen molar-refractivity contribution in [2.75, 3.05) is 19.8 Å². The van der Waals surface area contributed by atoms with Gasteiger partial charge in [0.15, 0.2) is 0 Å². The Morgan fingerprint density at radius 1 is 1.17 bits per heavy atom. The first kappa shape index (κ1) is 19.0. The third-order valence-electron chi connectivity index (χ3n) is 4.02. The predicted molar refractivity (Wildman–Crippen MR) is 79.3 cm³/mol. The minimum absolute atomic E-state index is 0.0281. The molecule has 2 N–H and O–H groups in total. The van der Waals surface area contributed by atoms with Crippen molar-refractivity contribution < 1.29 is 29.4 Å². The first-order chi connectivity index (χ1) is 10.9. The molecule has 0 atom stereocenters. The number of carboxylic acid groups (broad SMARTS) is 1. The number of nitrogens with zero attached hydrogens (tertiary/aromatic N) is 1. The van der Waals surface area contributed by atoms with Gasteiger partial charge in [-0.3, -0.25) is 4.79 Å². The van der Waals surface area contributed by atoms with E-state index in [1.54, 1.807) is 0 Å². The molecule has 0 saturated heterocycles. The molecule has 1 aliphatic carbocycles. The second kappa shape index (κ2) is 9.86. The van der Waals surface area contributed by atoms with E-state index >= 15 is 0 Å². The minimum atomic E-state index is -0.861. The summed E-state index contributed by atoms with van der Waals surface area (Å²) in [6, 6.07) is 0. The summed E-state index contributed by atoms with van der Waals surface area (Å²) >= 11 is 0. The van der Waals surface area contributed by atoms with Gasteiger partial charge in [-0.05, 0) is 31.1 Å². The number of aliphatic carboxylic acids is 1. The lowest BCUT2D eigenvalue weighted by atomic mass is 9.72. The molecular weight excluding hydrogens is 308 g/mol. The number of unbranched alkanes of at least 4 members (excludes halogenated alkanes) is 1. The molecule has 0 heterocycles. The maximum atomic E-state index is 11.6. The number of carbonyl (C=O) groups is 2. The van der Waals surface area contributed by atoms with E-state index in [2.05, 4.69) is 10.2 Å². The van der Waals surface area contributed by atoms with Gasteiger partial charge in [0, 0.05) is 6.54 Å². The lowest BCUT2D eigenvalue weighted by Gasteiger charge is -2.36. The molecule has 0 spiro atoms. The van der Waals surface area contributed by atoms with E-state index < -0.39 is 17.1 Å². The Hall–Kier alpha value is -2.06. The van der Waals surface area contributed by atoms with Crippen LogP contribution < -0.4 is 5.32 Å². The van der Waals surface area contributed by atoms with E-state index in [0.29, 0.717) is 19.4 Å². The van der Waals surface area contributed by atoms with Crippen LogP contribution in [0.4, 0.5) is 4.79 Å². The highest BCUT2D eigenvalue weighted by Crippen LogP contribution is 2.38. The molecule has 0 bridgehead atoms. The van der Waals surface area contributed by atoms with Crippen LogP contribution in [0.2, 0.25) is 0 Å². The Bertz CT molecular complexity index is 408. The molecule has 1 rings (SSSR count). The van der Waals surface area contributed by atoms with E-state index in [-0.39, 0.29) is 25.0 Å². The normalized spacial score (nSPS) is 16.3. The van der Waals surface area contributed by atoms with Crippen LogP contribution in [0.1, 0.15) is 51.4 Å². The Balaban J connectivity index is 2.22. The molecule has 9 nitrogen and oxygen atoms in total. The second-order valence-electron chi connectivity index (χ2n) is 5.88. The van der Waals surface area contributed by atoms with Gasteiger partial charge < -0.3 is 20.0 Å². The van der Waals surface area contributed by atoms with E-state index in [9.17, 15) is 19.7 Å². The standard InChI is InChI=1S/C14H24N2O7/c17-12(18)10-14(6-2-1-3-7-14)11-15-13(19)22-8-4-5-9-23-16(20)21/h1-11H2,(H,15,19)(H,17,18). The molecule has 1 saturated carbocycles. The molecule has 132 valence electrons. The summed E-state index contributed by atoms with van der Waals surface area (Å²) < 4.78 is 4.97. The van der Waals surface area contributed by atoms with Gasteiger partial charge in [0.05, 0.1) is 19.6 Å². The van der Waals surface area contributed by atoms with Gasteiger partial charge in [0.2, 0.25) is 0 Å². The fraction of sp³-hybridized carbons (Fsp3) is 0.857. The smallest absolute Gasteiger partial charge is 0.407 e. The molecule has 0 unspecified atom stereocenters.